The largest absolute Gasteiger partial charge is 0.353 e. The molecule has 2 aromatic rings. The minimum Gasteiger partial charge on any atom is -0.353 e. The van der Waals surface area contributed by atoms with Crippen molar-refractivity contribution in [3.63, 3.8) is 0 Å². The van der Waals surface area contributed by atoms with Gasteiger partial charge in [-0.15, -0.1) is 11.3 Å². The number of aryl methyl sites for hydroxylation is 1. The zero-order valence-electron chi connectivity index (χ0n) is 14.8. The van der Waals surface area contributed by atoms with Gasteiger partial charge < -0.3 is 15.1 Å². The molecule has 1 N–H and O–H groups in total. The van der Waals surface area contributed by atoms with Gasteiger partial charge in [-0.3, -0.25) is 0 Å². The molecule has 4 rings (SSSR count). The Labute approximate surface area is 152 Å². The van der Waals surface area contributed by atoms with E-state index in [1.807, 2.05) is 0 Å². The molecule has 1 saturated heterocycles. The maximum Gasteiger partial charge on any atom is 0.139 e. The average molecular weight is 358 g/mol. The smallest absolute Gasteiger partial charge is 0.139 e. The van der Waals surface area contributed by atoms with E-state index in [4.69, 9.17) is 4.99 Å². The number of aliphatic imine (C=N–C) groups is 1. The Morgan fingerprint density at radius 3 is 2.92 bits per heavy atom. The van der Waals surface area contributed by atoms with Crippen LogP contribution in [-0.2, 0) is 6.42 Å². The fourth-order valence-corrected chi connectivity index (χ4v) is 4.36. The standard InChI is InChI=1S/C19H23FN4S/c1-4-14-10-15-18(24-8-7-23(3)12(2)11-24)21-17-9-13(20)5-6-16(17)22-19(15)25-14/h5-6,9-10,12,22H,4,7-8,11H2,1-3H3. The second kappa shape index (κ2) is 6.42. The lowest BCUT2D eigenvalue weighted by Crippen LogP contribution is -2.52. The highest BCUT2D eigenvalue weighted by atomic mass is 32.1. The molecule has 1 fully saturated rings. The molecule has 2 aliphatic heterocycles. The fourth-order valence-electron chi connectivity index (χ4n) is 3.36. The zero-order valence-corrected chi connectivity index (χ0v) is 15.7. The Morgan fingerprint density at radius 2 is 2.16 bits per heavy atom. The van der Waals surface area contributed by atoms with Crippen LogP contribution in [0.3, 0.4) is 0 Å². The molecule has 132 valence electrons. The van der Waals surface area contributed by atoms with Crippen LogP contribution in [0.2, 0.25) is 0 Å². The summed E-state index contributed by atoms with van der Waals surface area (Å²) >= 11 is 1.76. The summed E-state index contributed by atoms with van der Waals surface area (Å²) in [4.78, 5) is 10.9. The van der Waals surface area contributed by atoms with E-state index in [9.17, 15) is 4.39 Å². The molecule has 3 heterocycles. The van der Waals surface area contributed by atoms with Gasteiger partial charge in [0.25, 0.3) is 0 Å². The lowest BCUT2D eigenvalue weighted by molar-refractivity contribution is 0.153. The number of likely N-dealkylation sites (N-methyl/N-ethyl adjacent to an activating group) is 1. The van der Waals surface area contributed by atoms with Crippen LogP contribution >= 0.6 is 11.3 Å². The van der Waals surface area contributed by atoms with Crippen molar-refractivity contribution in [3.8, 4) is 0 Å². The quantitative estimate of drug-likeness (QED) is 0.828. The van der Waals surface area contributed by atoms with Crippen LogP contribution in [-0.4, -0.2) is 48.4 Å². The normalized spacial score (nSPS) is 20.4. The van der Waals surface area contributed by atoms with Crippen LogP contribution in [0.15, 0.2) is 29.3 Å². The first-order valence-corrected chi connectivity index (χ1v) is 9.60. The molecule has 1 unspecified atom stereocenters. The Balaban J connectivity index is 1.82. The van der Waals surface area contributed by atoms with E-state index in [2.05, 4.69) is 42.1 Å². The summed E-state index contributed by atoms with van der Waals surface area (Å²) in [5.41, 5.74) is 2.67. The van der Waals surface area contributed by atoms with E-state index >= 15 is 0 Å². The molecule has 2 aliphatic rings. The summed E-state index contributed by atoms with van der Waals surface area (Å²) in [7, 11) is 2.16. The Hall–Kier alpha value is -1.92. The summed E-state index contributed by atoms with van der Waals surface area (Å²) < 4.78 is 13.8. The minimum absolute atomic E-state index is 0.255. The molecule has 25 heavy (non-hydrogen) atoms. The summed E-state index contributed by atoms with van der Waals surface area (Å²) in [5, 5.41) is 4.58. The number of piperazine rings is 1. The van der Waals surface area contributed by atoms with Gasteiger partial charge in [-0.2, -0.15) is 0 Å². The third kappa shape index (κ3) is 3.04. The highest BCUT2D eigenvalue weighted by Gasteiger charge is 2.28. The molecule has 1 aromatic carbocycles. The summed E-state index contributed by atoms with van der Waals surface area (Å²) in [5.74, 6) is 0.706. The summed E-state index contributed by atoms with van der Waals surface area (Å²) in [6.45, 7) is 7.27. The molecular formula is C19H23FN4S. The number of thiophene rings is 1. The molecule has 6 heteroatoms. The first-order chi connectivity index (χ1) is 12.0. The third-order valence-electron chi connectivity index (χ3n) is 5.07. The minimum atomic E-state index is -0.255. The molecule has 1 atom stereocenters. The third-order valence-corrected chi connectivity index (χ3v) is 6.26. The Bertz CT molecular complexity index is 829. The summed E-state index contributed by atoms with van der Waals surface area (Å²) in [6, 6.07) is 7.47. The number of rotatable bonds is 1. The van der Waals surface area contributed by atoms with Gasteiger partial charge in [-0.1, -0.05) is 6.92 Å². The van der Waals surface area contributed by atoms with Crippen molar-refractivity contribution in [1.82, 2.24) is 9.80 Å². The topological polar surface area (TPSA) is 30.9 Å². The number of nitrogens with one attached hydrogen (secondary N) is 1. The van der Waals surface area contributed by atoms with Gasteiger partial charge in [-0.05, 0) is 38.6 Å². The van der Waals surface area contributed by atoms with Crippen LogP contribution in [0.4, 0.5) is 20.8 Å². The highest BCUT2D eigenvalue weighted by Crippen LogP contribution is 2.40. The van der Waals surface area contributed by atoms with E-state index in [1.54, 1.807) is 17.4 Å². The van der Waals surface area contributed by atoms with Gasteiger partial charge in [0.2, 0.25) is 0 Å². The first kappa shape index (κ1) is 16.5. The van der Waals surface area contributed by atoms with E-state index in [0.717, 1.165) is 48.1 Å². The van der Waals surface area contributed by atoms with Crippen molar-refractivity contribution < 1.29 is 4.39 Å². The van der Waals surface area contributed by atoms with Crippen molar-refractivity contribution >= 4 is 33.5 Å². The van der Waals surface area contributed by atoms with Crippen molar-refractivity contribution in [1.29, 1.82) is 0 Å². The maximum absolute atomic E-state index is 13.8. The number of nitrogens with zero attached hydrogens (tertiary/aromatic N) is 3. The van der Waals surface area contributed by atoms with Gasteiger partial charge in [-0.25, -0.2) is 9.38 Å². The van der Waals surface area contributed by atoms with Crippen LogP contribution < -0.4 is 5.32 Å². The fraction of sp³-hybridized carbons (Fsp3) is 0.421. The Morgan fingerprint density at radius 1 is 1.32 bits per heavy atom. The summed E-state index contributed by atoms with van der Waals surface area (Å²) in [6.07, 6.45) is 1.00. The number of benzene rings is 1. The molecule has 4 nitrogen and oxygen atoms in total. The van der Waals surface area contributed by atoms with Gasteiger partial charge in [0.15, 0.2) is 0 Å². The zero-order chi connectivity index (χ0) is 17.6. The molecular weight excluding hydrogens is 335 g/mol. The van der Waals surface area contributed by atoms with Gasteiger partial charge in [0, 0.05) is 36.6 Å². The predicted molar refractivity (Wildman–Crippen MR) is 103 cm³/mol. The van der Waals surface area contributed by atoms with Crippen LogP contribution in [0.25, 0.3) is 0 Å². The van der Waals surface area contributed by atoms with E-state index in [-0.39, 0.29) is 5.82 Å². The van der Waals surface area contributed by atoms with Crippen molar-refractivity contribution in [3.05, 3.63) is 40.5 Å². The SMILES string of the molecule is CCc1cc2c(s1)Nc1ccc(F)cc1N=C2N1CCN(C)C(C)C1. The monoisotopic (exact) mass is 358 g/mol. The van der Waals surface area contributed by atoms with Gasteiger partial charge in [0.1, 0.15) is 16.7 Å². The van der Waals surface area contributed by atoms with Crippen LogP contribution in [0, 0.1) is 5.82 Å². The van der Waals surface area contributed by atoms with Crippen molar-refractivity contribution in [2.24, 2.45) is 4.99 Å². The number of amidine groups is 1. The number of fused-ring (bicyclic) bond motifs is 2. The van der Waals surface area contributed by atoms with Crippen molar-refractivity contribution in [2.75, 3.05) is 32.0 Å². The molecule has 1 aromatic heterocycles. The molecule has 0 bridgehead atoms. The average Bonchev–Trinajstić information content (AvgIpc) is 2.94. The van der Waals surface area contributed by atoms with Gasteiger partial charge >= 0.3 is 0 Å². The molecule has 0 aliphatic carbocycles. The number of halogens is 1. The molecule has 0 radical (unpaired) electrons. The lowest BCUT2D eigenvalue weighted by Gasteiger charge is -2.39. The highest BCUT2D eigenvalue weighted by molar-refractivity contribution is 7.16. The van der Waals surface area contributed by atoms with Crippen molar-refractivity contribution in [2.45, 2.75) is 26.3 Å². The van der Waals surface area contributed by atoms with E-state index < -0.39 is 0 Å². The van der Waals surface area contributed by atoms with E-state index in [0.29, 0.717) is 11.7 Å². The predicted octanol–water partition coefficient (Wildman–Crippen LogP) is 4.22. The molecule has 0 saturated carbocycles. The van der Waals surface area contributed by atoms with Crippen LogP contribution in [0.5, 0.6) is 0 Å². The molecule has 0 spiro atoms. The van der Waals surface area contributed by atoms with Gasteiger partial charge in [0.05, 0.1) is 16.9 Å². The Kier molecular flexibility index (Phi) is 4.25. The number of hydrogen-bond acceptors (Lipinski definition) is 5. The molecule has 0 amide bonds. The second-order valence-electron chi connectivity index (χ2n) is 6.81. The van der Waals surface area contributed by atoms with Crippen LogP contribution in [0.1, 0.15) is 24.3 Å². The first-order valence-electron chi connectivity index (χ1n) is 8.78. The maximum atomic E-state index is 13.8. The van der Waals surface area contributed by atoms with E-state index in [1.165, 1.54) is 17.0 Å². The number of anilines is 2. The lowest BCUT2D eigenvalue weighted by atomic mass is 10.1. The number of hydrogen-bond donors (Lipinski definition) is 1. The second-order valence-corrected chi connectivity index (χ2v) is 7.94.